The van der Waals surface area contributed by atoms with E-state index >= 15 is 0 Å². The fourth-order valence-corrected chi connectivity index (χ4v) is 2.07. The molecule has 0 radical (unpaired) electrons. The van der Waals surface area contributed by atoms with Crippen LogP contribution in [-0.4, -0.2) is 40.5 Å². The van der Waals surface area contributed by atoms with Gasteiger partial charge in [-0.2, -0.15) is 5.26 Å². The molecule has 1 aliphatic rings. The summed E-state index contributed by atoms with van der Waals surface area (Å²) in [6.07, 6.45) is -0.157. The monoisotopic (exact) mass is 246 g/mol. The van der Waals surface area contributed by atoms with Gasteiger partial charge in [-0.15, -0.1) is 0 Å². The molecule has 6 heteroatoms. The standard InChI is InChI=1S/C11H16F2N2O2/c1-10(2,5-8(6-14)9(16)17)15-4-3-11(12,13)7-15/h8H,3-5,7H2,1-2H3,(H,16,17). The van der Waals surface area contributed by atoms with Gasteiger partial charge in [0.2, 0.25) is 0 Å². The number of rotatable bonds is 4. The van der Waals surface area contributed by atoms with E-state index in [1.165, 1.54) is 0 Å². The molecule has 4 nitrogen and oxygen atoms in total. The second-order valence-electron chi connectivity index (χ2n) is 5.06. The average molecular weight is 246 g/mol. The highest BCUT2D eigenvalue weighted by molar-refractivity contribution is 5.73. The molecule has 0 saturated carbocycles. The summed E-state index contributed by atoms with van der Waals surface area (Å²) >= 11 is 0. The Bertz CT molecular complexity index is 350. The largest absolute Gasteiger partial charge is 0.480 e. The molecular formula is C11H16F2N2O2. The molecule has 1 aliphatic heterocycles. The number of likely N-dealkylation sites (tertiary alicyclic amines) is 1. The highest BCUT2D eigenvalue weighted by atomic mass is 19.3. The number of nitrogens with zero attached hydrogens (tertiary/aromatic N) is 2. The normalized spacial score (nSPS) is 22.1. The first-order valence-corrected chi connectivity index (χ1v) is 5.43. The quantitative estimate of drug-likeness (QED) is 0.820. The average Bonchev–Trinajstić information content (AvgIpc) is 2.55. The molecule has 0 spiro atoms. The van der Waals surface area contributed by atoms with Crippen LogP contribution < -0.4 is 0 Å². The van der Waals surface area contributed by atoms with E-state index in [4.69, 9.17) is 10.4 Å². The Labute approximate surface area is 98.8 Å². The minimum atomic E-state index is -2.71. The molecule has 1 fully saturated rings. The molecule has 0 aliphatic carbocycles. The highest BCUT2D eigenvalue weighted by Crippen LogP contribution is 2.34. The number of alkyl halides is 2. The molecule has 1 heterocycles. The molecule has 1 rings (SSSR count). The van der Waals surface area contributed by atoms with Crippen LogP contribution in [0.4, 0.5) is 8.78 Å². The Morgan fingerprint density at radius 3 is 2.59 bits per heavy atom. The Hall–Kier alpha value is -1.22. The molecule has 1 saturated heterocycles. The van der Waals surface area contributed by atoms with Gasteiger partial charge in [-0.3, -0.25) is 9.69 Å². The number of hydrogen-bond donors (Lipinski definition) is 1. The molecule has 1 N–H and O–H groups in total. The van der Waals surface area contributed by atoms with Crippen molar-refractivity contribution in [1.82, 2.24) is 4.90 Å². The third kappa shape index (κ3) is 3.37. The third-order valence-electron chi connectivity index (χ3n) is 3.18. The van der Waals surface area contributed by atoms with Crippen molar-refractivity contribution in [3.8, 4) is 6.07 Å². The number of nitriles is 1. The van der Waals surface area contributed by atoms with E-state index in [2.05, 4.69) is 0 Å². The summed E-state index contributed by atoms with van der Waals surface area (Å²) in [5, 5.41) is 17.5. The van der Waals surface area contributed by atoms with Gasteiger partial charge >= 0.3 is 5.97 Å². The van der Waals surface area contributed by atoms with E-state index in [1.807, 2.05) is 0 Å². The lowest BCUT2D eigenvalue weighted by Crippen LogP contribution is -2.45. The van der Waals surface area contributed by atoms with Crippen molar-refractivity contribution < 1.29 is 18.7 Å². The molecule has 0 amide bonds. The molecule has 1 unspecified atom stereocenters. The molecule has 0 aromatic heterocycles. The summed E-state index contributed by atoms with van der Waals surface area (Å²) in [7, 11) is 0. The second-order valence-corrected chi connectivity index (χ2v) is 5.06. The van der Waals surface area contributed by atoms with Gasteiger partial charge in [0.05, 0.1) is 12.6 Å². The van der Waals surface area contributed by atoms with Crippen molar-refractivity contribution in [3.05, 3.63) is 0 Å². The lowest BCUT2D eigenvalue weighted by atomic mass is 9.90. The summed E-state index contributed by atoms with van der Waals surface area (Å²) in [6, 6.07) is 1.69. The van der Waals surface area contributed by atoms with Crippen molar-refractivity contribution in [2.24, 2.45) is 5.92 Å². The van der Waals surface area contributed by atoms with Crippen molar-refractivity contribution in [1.29, 1.82) is 5.26 Å². The van der Waals surface area contributed by atoms with Crippen LogP contribution in [0.5, 0.6) is 0 Å². The number of hydrogen-bond acceptors (Lipinski definition) is 3. The third-order valence-corrected chi connectivity index (χ3v) is 3.18. The van der Waals surface area contributed by atoms with E-state index in [9.17, 15) is 13.6 Å². The maximum atomic E-state index is 13.1. The predicted octanol–water partition coefficient (Wildman–Crippen LogP) is 1.72. The van der Waals surface area contributed by atoms with Crippen molar-refractivity contribution >= 4 is 5.97 Å². The summed E-state index contributed by atoms with van der Waals surface area (Å²) in [5.41, 5.74) is -0.710. The van der Waals surface area contributed by atoms with Crippen LogP contribution >= 0.6 is 0 Å². The van der Waals surface area contributed by atoms with Crippen molar-refractivity contribution in [3.63, 3.8) is 0 Å². The lowest BCUT2D eigenvalue weighted by Gasteiger charge is -2.36. The van der Waals surface area contributed by atoms with Crippen LogP contribution in [-0.2, 0) is 4.79 Å². The van der Waals surface area contributed by atoms with E-state index in [-0.39, 0.29) is 25.9 Å². The predicted molar refractivity (Wildman–Crippen MR) is 56.6 cm³/mol. The number of carbonyl (C=O) groups is 1. The smallest absolute Gasteiger partial charge is 0.320 e. The summed E-state index contributed by atoms with van der Waals surface area (Å²) in [5.74, 6) is -5.06. The first-order valence-electron chi connectivity index (χ1n) is 5.43. The number of carboxylic acids is 1. The van der Waals surface area contributed by atoms with E-state index in [0.29, 0.717) is 0 Å². The molecule has 0 aromatic rings. The van der Waals surface area contributed by atoms with Gasteiger partial charge in [0.15, 0.2) is 0 Å². The van der Waals surface area contributed by atoms with Gasteiger partial charge in [0.25, 0.3) is 5.92 Å². The Morgan fingerprint density at radius 1 is 1.65 bits per heavy atom. The Morgan fingerprint density at radius 2 is 2.24 bits per heavy atom. The highest BCUT2D eigenvalue weighted by Gasteiger charge is 2.44. The van der Waals surface area contributed by atoms with Gasteiger partial charge in [-0.25, -0.2) is 8.78 Å². The van der Waals surface area contributed by atoms with Crippen molar-refractivity contribution in [2.75, 3.05) is 13.1 Å². The van der Waals surface area contributed by atoms with Crippen LogP contribution in [0.2, 0.25) is 0 Å². The number of aliphatic carboxylic acids is 1. The minimum absolute atomic E-state index is 0.0505. The van der Waals surface area contributed by atoms with E-state index < -0.39 is 23.3 Å². The first kappa shape index (κ1) is 13.8. The molecule has 1 atom stereocenters. The SMILES string of the molecule is CC(C)(CC(C#N)C(=O)O)N1CCC(F)(F)C1. The van der Waals surface area contributed by atoms with Crippen molar-refractivity contribution in [2.45, 2.75) is 38.2 Å². The minimum Gasteiger partial charge on any atom is -0.480 e. The number of carboxylic acid groups (broad SMARTS) is 1. The maximum Gasteiger partial charge on any atom is 0.320 e. The van der Waals surface area contributed by atoms with Gasteiger partial charge < -0.3 is 5.11 Å². The first-order chi connectivity index (χ1) is 7.68. The fraction of sp³-hybridized carbons (Fsp3) is 0.818. The molecule has 0 bridgehead atoms. The maximum absolute atomic E-state index is 13.1. The summed E-state index contributed by atoms with van der Waals surface area (Å²) in [6.45, 7) is 3.26. The topological polar surface area (TPSA) is 64.3 Å². The van der Waals surface area contributed by atoms with Crippen LogP contribution in [0.3, 0.4) is 0 Å². The second kappa shape index (κ2) is 4.57. The molecule has 17 heavy (non-hydrogen) atoms. The fourth-order valence-electron chi connectivity index (χ4n) is 2.07. The summed E-state index contributed by atoms with van der Waals surface area (Å²) in [4.78, 5) is 12.3. The van der Waals surface area contributed by atoms with Gasteiger partial charge in [0.1, 0.15) is 5.92 Å². The molecular weight excluding hydrogens is 230 g/mol. The zero-order valence-corrected chi connectivity index (χ0v) is 9.91. The van der Waals surface area contributed by atoms with E-state index in [0.717, 1.165) is 0 Å². The van der Waals surface area contributed by atoms with Crippen LogP contribution in [0.1, 0.15) is 26.7 Å². The van der Waals surface area contributed by atoms with Crippen LogP contribution in [0, 0.1) is 17.2 Å². The molecule has 96 valence electrons. The van der Waals surface area contributed by atoms with Gasteiger partial charge in [0, 0.05) is 18.5 Å². The van der Waals surface area contributed by atoms with Crippen LogP contribution in [0.25, 0.3) is 0 Å². The Balaban J connectivity index is 2.69. The zero-order chi connectivity index (χ0) is 13.3. The number of halogens is 2. The van der Waals surface area contributed by atoms with Gasteiger partial charge in [-0.1, -0.05) is 0 Å². The van der Waals surface area contributed by atoms with Crippen LogP contribution in [0.15, 0.2) is 0 Å². The van der Waals surface area contributed by atoms with Gasteiger partial charge in [-0.05, 0) is 20.3 Å². The van der Waals surface area contributed by atoms with E-state index in [1.54, 1.807) is 24.8 Å². The summed E-state index contributed by atoms with van der Waals surface area (Å²) < 4.78 is 26.2. The lowest BCUT2D eigenvalue weighted by molar-refractivity contribution is -0.140. The Kier molecular flexibility index (Phi) is 3.72. The zero-order valence-electron chi connectivity index (χ0n) is 9.91. The molecule has 0 aromatic carbocycles.